The second kappa shape index (κ2) is 4.53. The summed E-state index contributed by atoms with van der Waals surface area (Å²) >= 11 is 1.69. The highest BCUT2D eigenvalue weighted by Gasteiger charge is 2.70. The van der Waals surface area contributed by atoms with Crippen LogP contribution in [0.4, 0.5) is 14.6 Å². The standard InChI is InChI=1S/C14H14F2N2S.ClH/c15-14(16)9-13(14)3-6-18(7-4-13)12-10-2-8-19-11(10)1-5-17-12;/h1-2,5,8H,3-4,6-7,9H2;1H. The van der Waals surface area contributed by atoms with Gasteiger partial charge in [-0.1, -0.05) is 0 Å². The zero-order valence-corrected chi connectivity index (χ0v) is 12.4. The number of hydrogen-bond donors (Lipinski definition) is 0. The Kier molecular flexibility index (Phi) is 3.18. The fraction of sp³-hybridized carbons (Fsp3) is 0.500. The van der Waals surface area contributed by atoms with E-state index in [1.807, 2.05) is 12.3 Å². The van der Waals surface area contributed by atoms with Crippen molar-refractivity contribution in [3.05, 3.63) is 23.7 Å². The van der Waals surface area contributed by atoms with Crippen molar-refractivity contribution >= 4 is 39.6 Å². The van der Waals surface area contributed by atoms with Crippen molar-refractivity contribution in [3.63, 3.8) is 0 Å². The van der Waals surface area contributed by atoms with E-state index in [-0.39, 0.29) is 18.8 Å². The van der Waals surface area contributed by atoms with Crippen LogP contribution < -0.4 is 4.90 Å². The molecule has 20 heavy (non-hydrogen) atoms. The second-order valence-corrected chi connectivity index (χ2v) is 6.56. The molecular formula is C14H15ClF2N2S. The fourth-order valence-electron chi connectivity index (χ4n) is 3.20. The molecule has 1 saturated carbocycles. The van der Waals surface area contributed by atoms with E-state index in [2.05, 4.69) is 21.3 Å². The fourth-order valence-corrected chi connectivity index (χ4v) is 3.98. The zero-order chi connectivity index (χ0) is 13.1. The van der Waals surface area contributed by atoms with E-state index in [0.29, 0.717) is 25.9 Å². The molecule has 6 heteroatoms. The third kappa shape index (κ3) is 1.91. The number of piperidine rings is 1. The summed E-state index contributed by atoms with van der Waals surface area (Å²) in [6.07, 6.45) is 3.07. The van der Waals surface area contributed by atoms with E-state index in [1.54, 1.807) is 11.3 Å². The maximum absolute atomic E-state index is 13.4. The SMILES string of the molecule is Cl.FC1(F)CC12CCN(c1nccc3sccc13)CC2. The topological polar surface area (TPSA) is 16.1 Å². The smallest absolute Gasteiger partial charge is 0.254 e. The highest BCUT2D eigenvalue weighted by atomic mass is 35.5. The van der Waals surface area contributed by atoms with Crippen molar-refractivity contribution < 1.29 is 8.78 Å². The molecule has 2 nitrogen and oxygen atoms in total. The van der Waals surface area contributed by atoms with Crippen LogP contribution >= 0.6 is 23.7 Å². The summed E-state index contributed by atoms with van der Waals surface area (Å²) in [6, 6.07) is 4.07. The van der Waals surface area contributed by atoms with Gasteiger partial charge in [0.15, 0.2) is 0 Å². The van der Waals surface area contributed by atoms with Gasteiger partial charge in [-0.05, 0) is 30.4 Å². The van der Waals surface area contributed by atoms with Crippen LogP contribution in [0, 0.1) is 5.41 Å². The number of hydrogen-bond acceptors (Lipinski definition) is 3. The molecule has 1 saturated heterocycles. The molecule has 1 aliphatic heterocycles. The first-order valence-corrected chi connectivity index (χ1v) is 7.44. The highest BCUT2D eigenvalue weighted by Crippen LogP contribution is 2.65. The van der Waals surface area contributed by atoms with Crippen LogP contribution in [0.15, 0.2) is 23.7 Å². The first-order valence-electron chi connectivity index (χ1n) is 6.56. The lowest BCUT2D eigenvalue weighted by molar-refractivity contribution is 0.0537. The van der Waals surface area contributed by atoms with Crippen LogP contribution in [0.25, 0.3) is 10.1 Å². The minimum absolute atomic E-state index is 0. The van der Waals surface area contributed by atoms with E-state index < -0.39 is 11.3 Å². The van der Waals surface area contributed by atoms with Gasteiger partial charge < -0.3 is 4.90 Å². The molecule has 1 aliphatic carbocycles. The van der Waals surface area contributed by atoms with Gasteiger partial charge >= 0.3 is 0 Å². The van der Waals surface area contributed by atoms with Gasteiger partial charge in [-0.25, -0.2) is 13.8 Å². The Balaban J connectivity index is 0.00000121. The van der Waals surface area contributed by atoms with Crippen molar-refractivity contribution in [1.82, 2.24) is 4.98 Å². The normalized spacial score (nSPS) is 22.8. The van der Waals surface area contributed by atoms with E-state index in [0.717, 1.165) is 11.2 Å². The number of nitrogens with zero attached hydrogens (tertiary/aromatic N) is 2. The monoisotopic (exact) mass is 316 g/mol. The lowest BCUT2D eigenvalue weighted by atomic mass is 9.93. The lowest BCUT2D eigenvalue weighted by Crippen LogP contribution is -2.37. The predicted octanol–water partition coefficient (Wildman–Crippen LogP) is 4.34. The number of rotatable bonds is 1. The molecule has 0 amide bonds. The third-order valence-electron chi connectivity index (χ3n) is 4.59. The molecule has 0 radical (unpaired) electrons. The Morgan fingerprint density at radius 2 is 1.90 bits per heavy atom. The summed E-state index contributed by atoms with van der Waals surface area (Å²) < 4.78 is 28.0. The molecular weight excluding hydrogens is 302 g/mol. The quantitative estimate of drug-likeness (QED) is 0.778. The van der Waals surface area contributed by atoms with Gasteiger partial charge in [0.2, 0.25) is 0 Å². The Morgan fingerprint density at radius 3 is 2.55 bits per heavy atom. The minimum Gasteiger partial charge on any atom is -0.356 e. The number of anilines is 1. The maximum atomic E-state index is 13.4. The molecule has 108 valence electrons. The first kappa shape index (κ1) is 14.0. The molecule has 0 bridgehead atoms. The van der Waals surface area contributed by atoms with Crippen LogP contribution in [0.1, 0.15) is 19.3 Å². The number of halogens is 3. The summed E-state index contributed by atoms with van der Waals surface area (Å²) in [5, 5.41) is 3.20. The zero-order valence-electron chi connectivity index (χ0n) is 10.8. The van der Waals surface area contributed by atoms with Gasteiger partial charge in [-0.2, -0.15) is 0 Å². The van der Waals surface area contributed by atoms with Crippen molar-refractivity contribution in [3.8, 4) is 0 Å². The van der Waals surface area contributed by atoms with Gasteiger partial charge in [0, 0.05) is 41.2 Å². The average Bonchev–Trinajstić information content (AvgIpc) is 2.79. The Hall–Kier alpha value is -0.940. The first-order chi connectivity index (χ1) is 9.11. The predicted molar refractivity (Wildman–Crippen MR) is 80.3 cm³/mol. The summed E-state index contributed by atoms with van der Waals surface area (Å²) in [5.74, 6) is -1.46. The molecule has 1 spiro atoms. The van der Waals surface area contributed by atoms with Crippen molar-refractivity contribution in [1.29, 1.82) is 0 Å². The number of pyridine rings is 1. The van der Waals surface area contributed by atoms with Gasteiger partial charge in [-0.3, -0.25) is 0 Å². The van der Waals surface area contributed by atoms with E-state index in [4.69, 9.17) is 0 Å². The summed E-state index contributed by atoms with van der Waals surface area (Å²) in [5.41, 5.74) is -0.688. The largest absolute Gasteiger partial charge is 0.356 e. The van der Waals surface area contributed by atoms with Crippen molar-refractivity contribution in [2.45, 2.75) is 25.2 Å². The van der Waals surface area contributed by atoms with Crippen LogP contribution in [0.2, 0.25) is 0 Å². The van der Waals surface area contributed by atoms with Crippen LogP contribution in [0.3, 0.4) is 0 Å². The highest BCUT2D eigenvalue weighted by molar-refractivity contribution is 7.17. The molecule has 0 aromatic carbocycles. The molecule has 4 rings (SSSR count). The van der Waals surface area contributed by atoms with Gasteiger partial charge in [0.25, 0.3) is 5.92 Å². The van der Waals surface area contributed by atoms with Crippen molar-refractivity contribution in [2.24, 2.45) is 5.41 Å². The van der Waals surface area contributed by atoms with Crippen LogP contribution in [0.5, 0.6) is 0 Å². The second-order valence-electron chi connectivity index (χ2n) is 5.62. The van der Waals surface area contributed by atoms with Gasteiger partial charge in [-0.15, -0.1) is 23.7 Å². The average molecular weight is 317 g/mol. The number of alkyl halides is 2. The minimum atomic E-state index is -2.42. The molecule has 2 fully saturated rings. The molecule has 2 aromatic rings. The van der Waals surface area contributed by atoms with Crippen molar-refractivity contribution in [2.75, 3.05) is 18.0 Å². The summed E-state index contributed by atoms with van der Waals surface area (Å²) in [7, 11) is 0. The van der Waals surface area contributed by atoms with Gasteiger partial charge in [0.1, 0.15) is 5.82 Å². The lowest BCUT2D eigenvalue weighted by Gasteiger charge is -2.33. The maximum Gasteiger partial charge on any atom is 0.254 e. The molecule has 0 atom stereocenters. The molecule has 0 unspecified atom stereocenters. The Bertz CT molecular complexity index is 635. The number of fused-ring (bicyclic) bond motifs is 1. The van der Waals surface area contributed by atoms with E-state index in [9.17, 15) is 8.78 Å². The van der Waals surface area contributed by atoms with E-state index in [1.165, 1.54) is 4.70 Å². The number of aromatic nitrogens is 1. The number of thiophene rings is 1. The van der Waals surface area contributed by atoms with Gasteiger partial charge in [0.05, 0.1) is 0 Å². The Morgan fingerprint density at radius 1 is 1.20 bits per heavy atom. The van der Waals surface area contributed by atoms with E-state index >= 15 is 0 Å². The third-order valence-corrected chi connectivity index (χ3v) is 5.47. The van der Waals surface area contributed by atoms with Crippen LogP contribution in [-0.2, 0) is 0 Å². The van der Waals surface area contributed by atoms with Crippen LogP contribution in [-0.4, -0.2) is 24.0 Å². The summed E-state index contributed by atoms with van der Waals surface area (Å²) in [6.45, 7) is 1.38. The summed E-state index contributed by atoms with van der Waals surface area (Å²) in [4.78, 5) is 6.61. The Labute approximate surface area is 126 Å². The molecule has 2 aliphatic rings. The molecule has 3 heterocycles. The molecule has 0 N–H and O–H groups in total. The molecule has 2 aromatic heterocycles.